The van der Waals surface area contributed by atoms with Gasteiger partial charge in [0.15, 0.2) is 0 Å². The molecular formula is C8H21N3. The molecule has 0 rings (SSSR count). The summed E-state index contributed by atoms with van der Waals surface area (Å²) in [4.78, 5) is 3.58. The number of nitrogens with two attached hydrogens (primary N) is 2. The van der Waals surface area contributed by atoms with E-state index in [1.807, 2.05) is 13.8 Å². The predicted octanol–water partition coefficient (Wildman–Crippen LogP) is 1.15. The van der Waals surface area contributed by atoms with E-state index in [4.69, 9.17) is 5.73 Å². The molecule has 0 aromatic rings. The van der Waals surface area contributed by atoms with E-state index in [9.17, 15) is 0 Å². The van der Waals surface area contributed by atoms with Gasteiger partial charge < -0.3 is 11.5 Å². The fraction of sp³-hybridized carbons (Fsp3) is 0.625. The third-order valence-electron chi connectivity index (χ3n) is 0.353. The van der Waals surface area contributed by atoms with Crippen molar-refractivity contribution in [1.29, 1.82) is 0 Å². The van der Waals surface area contributed by atoms with Crippen LogP contribution >= 0.6 is 0 Å². The molecule has 3 heteroatoms. The van der Waals surface area contributed by atoms with Gasteiger partial charge in [-0.25, -0.2) is 0 Å². The summed E-state index contributed by atoms with van der Waals surface area (Å²) in [7, 11) is 3.16. The van der Waals surface area contributed by atoms with Crippen molar-refractivity contribution in [1.82, 2.24) is 0 Å². The van der Waals surface area contributed by atoms with E-state index in [2.05, 4.69) is 17.3 Å². The van der Waals surface area contributed by atoms with Crippen LogP contribution in [0.3, 0.4) is 0 Å². The topological polar surface area (TPSA) is 64.4 Å². The fourth-order valence-corrected chi connectivity index (χ4v) is 0. The average Bonchev–Trinajstić information content (AvgIpc) is 1.91. The first-order valence-electron chi connectivity index (χ1n) is 3.39. The van der Waals surface area contributed by atoms with Crippen molar-refractivity contribution in [3.8, 4) is 0 Å². The first-order valence-corrected chi connectivity index (χ1v) is 3.39. The Morgan fingerprint density at radius 3 is 1.27 bits per heavy atom. The molecule has 0 aromatic heterocycles. The first kappa shape index (κ1) is 16.6. The second kappa shape index (κ2) is 16.1. The van der Waals surface area contributed by atoms with Crippen LogP contribution in [0.15, 0.2) is 17.1 Å². The van der Waals surface area contributed by atoms with Crippen LogP contribution in [0, 0.1) is 0 Å². The predicted molar refractivity (Wildman–Crippen MR) is 53.8 cm³/mol. The highest BCUT2D eigenvalue weighted by Gasteiger charge is 1.61. The molecule has 0 spiro atoms. The van der Waals surface area contributed by atoms with Crippen LogP contribution in [0.25, 0.3) is 0 Å². The lowest BCUT2D eigenvalue weighted by Crippen LogP contribution is -2.03. The van der Waals surface area contributed by atoms with Crippen LogP contribution in [-0.4, -0.2) is 19.9 Å². The Labute approximate surface area is 70.2 Å². The summed E-state index contributed by atoms with van der Waals surface area (Å²) in [6, 6.07) is 0. The highest BCUT2D eigenvalue weighted by molar-refractivity contribution is 5.77. The van der Waals surface area contributed by atoms with E-state index in [1.165, 1.54) is 12.6 Å². The van der Waals surface area contributed by atoms with E-state index in [0.29, 0.717) is 5.84 Å². The molecule has 0 saturated carbocycles. The summed E-state index contributed by atoms with van der Waals surface area (Å²) < 4.78 is 0. The average molecular weight is 159 g/mol. The van der Waals surface area contributed by atoms with Gasteiger partial charge in [-0.3, -0.25) is 4.99 Å². The van der Waals surface area contributed by atoms with Crippen LogP contribution in [0.5, 0.6) is 0 Å². The molecule has 3 nitrogen and oxygen atoms in total. The van der Waals surface area contributed by atoms with Crippen LogP contribution < -0.4 is 11.5 Å². The molecule has 68 valence electrons. The second-order valence-corrected chi connectivity index (χ2v) is 2.07. The molecule has 0 amide bonds. The zero-order chi connectivity index (χ0) is 9.86. The van der Waals surface area contributed by atoms with Gasteiger partial charge in [-0.2, -0.15) is 0 Å². The molecule has 0 bridgehead atoms. The Balaban J connectivity index is -0.0000000965. The summed E-state index contributed by atoms with van der Waals surface area (Å²) in [5.74, 6) is 0.630. The molecule has 0 heterocycles. The minimum absolute atomic E-state index is 0.630. The van der Waals surface area contributed by atoms with Gasteiger partial charge in [0.1, 0.15) is 0 Å². The van der Waals surface area contributed by atoms with Crippen molar-refractivity contribution in [2.75, 3.05) is 14.1 Å². The summed E-state index contributed by atoms with van der Waals surface area (Å²) in [5, 5.41) is 0. The molecule has 0 aliphatic carbocycles. The number of allylic oxidation sites excluding steroid dienone is 1. The second-order valence-electron chi connectivity index (χ2n) is 2.07. The van der Waals surface area contributed by atoms with Gasteiger partial charge in [0.2, 0.25) is 0 Å². The van der Waals surface area contributed by atoms with E-state index in [1.54, 1.807) is 14.0 Å². The lowest BCUT2D eigenvalue weighted by Gasteiger charge is -1.76. The van der Waals surface area contributed by atoms with Gasteiger partial charge in [0.05, 0.1) is 5.84 Å². The van der Waals surface area contributed by atoms with Crippen molar-refractivity contribution in [3.05, 3.63) is 12.2 Å². The molecule has 0 saturated heterocycles. The number of rotatable bonds is 0. The van der Waals surface area contributed by atoms with E-state index in [-0.39, 0.29) is 0 Å². The lowest BCUT2D eigenvalue weighted by atomic mass is 10.4. The Morgan fingerprint density at radius 2 is 1.27 bits per heavy atom. The molecule has 0 radical (unpaired) electrons. The number of nitrogens with zero attached hydrogens (tertiary/aromatic N) is 1. The normalized spacial score (nSPS) is 8.36. The maximum absolute atomic E-state index is 5.04. The monoisotopic (exact) mass is 159 g/mol. The molecule has 4 N–H and O–H groups in total. The van der Waals surface area contributed by atoms with Gasteiger partial charge in [0.25, 0.3) is 0 Å². The minimum atomic E-state index is 0.630. The van der Waals surface area contributed by atoms with Crippen molar-refractivity contribution in [2.45, 2.75) is 20.8 Å². The Kier molecular flexibility index (Phi) is 24.3. The van der Waals surface area contributed by atoms with Crippen molar-refractivity contribution < 1.29 is 0 Å². The van der Waals surface area contributed by atoms with Gasteiger partial charge in [-0.05, 0) is 27.8 Å². The molecular weight excluding hydrogens is 138 g/mol. The Morgan fingerprint density at radius 1 is 1.18 bits per heavy atom. The lowest BCUT2D eigenvalue weighted by molar-refractivity contribution is 1.38. The van der Waals surface area contributed by atoms with Gasteiger partial charge in [-0.15, -0.1) is 6.58 Å². The number of aliphatic imine (C=N–C) groups is 1. The fourth-order valence-electron chi connectivity index (χ4n) is 0. The maximum atomic E-state index is 5.04. The number of amidine groups is 1. The molecule has 0 aliphatic heterocycles. The highest BCUT2D eigenvalue weighted by Crippen LogP contribution is 1.73. The third kappa shape index (κ3) is 344. The highest BCUT2D eigenvalue weighted by atomic mass is 14.8. The molecule has 0 atom stereocenters. The smallest absolute Gasteiger partial charge is 0.0902 e. The quantitative estimate of drug-likeness (QED) is 0.316. The molecule has 0 unspecified atom stereocenters. The van der Waals surface area contributed by atoms with Crippen LogP contribution in [0.2, 0.25) is 0 Å². The zero-order valence-corrected chi connectivity index (χ0v) is 8.31. The first-order chi connectivity index (χ1) is 5.00. The van der Waals surface area contributed by atoms with Gasteiger partial charge in [0, 0.05) is 7.05 Å². The molecule has 0 aliphatic rings. The zero-order valence-electron chi connectivity index (χ0n) is 8.31. The van der Waals surface area contributed by atoms with Crippen LogP contribution in [0.4, 0.5) is 0 Å². The standard InChI is InChI=1S/C4H8.C3H8N2.CH5N/c1-4(2)3;1-3(4)5-2;1-2/h1H2,2-3H3;1-2H3,(H2,4,5);2H2,1H3. The summed E-state index contributed by atoms with van der Waals surface area (Å²) in [5.41, 5.74) is 10.7. The molecule has 0 fully saturated rings. The third-order valence-corrected chi connectivity index (χ3v) is 0.353. The van der Waals surface area contributed by atoms with E-state index < -0.39 is 0 Å². The minimum Gasteiger partial charge on any atom is -0.388 e. The van der Waals surface area contributed by atoms with Crippen LogP contribution in [-0.2, 0) is 0 Å². The largest absolute Gasteiger partial charge is 0.388 e. The van der Waals surface area contributed by atoms with Crippen LogP contribution in [0.1, 0.15) is 20.8 Å². The Hall–Kier alpha value is -0.830. The Bertz CT molecular complexity index is 97.9. The maximum Gasteiger partial charge on any atom is 0.0902 e. The SMILES string of the molecule is C=C(C)C.CN.CN=C(C)N. The summed E-state index contributed by atoms with van der Waals surface area (Å²) >= 11 is 0. The number of hydrogen-bond donors (Lipinski definition) is 2. The van der Waals surface area contributed by atoms with Gasteiger partial charge >= 0.3 is 0 Å². The van der Waals surface area contributed by atoms with Crippen molar-refractivity contribution in [3.63, 3.8) is 0 Å². The number of hydrogen-bond acceptors (Lipinski definition) is 2. The molecule has 11 heavy (non-hydrogen) atoms. The summed E-state index contributed by atoms with van der Waals surface area (Å²) in [6.07, 6.45) is 0. The summed E-state index contributed by atoms with van der Waals surface area (Å²) in [6.45, 7) is 9.25. The van der Waals surface area contributed by atoms with E-state index in [0.717, 1.165) is 0 Å². The molecule has 0 aromatic carbocycles. The van der Waals surface area contributed by atoms with Crippen molar-refractivity contribution in [2.24, 2.45) is 16.5 Å². The van der Waals surface area contributed by atoms with E-state index >= 15 is 0 Å². The van der Waals surface area contributed by atoms with Gasteiger partial charge in [-0.1, -0.05) is 5.57 Å². The van der Waals surface area contributed by atoms with Crippen molar-refractivity contribution >= 4 is 5.84 Å².